The fraction of sp³-hybridized carbons (Fsp3) is 0.462. The third kappa shape index (κ3) is 3.48. The molecule has 0 spiro atoms. The third-order valence-corrected chi connectivity index (χ3v) is 4.43. The SMILES string of the molecule is CC1CCN(C(=O)Nc2cc(Br)ccc2Br)CC1. The van der Waals surface area contributed by atoms with Gasteiger partial charge in [-0.1, -0.05) is 22.9 Å². The second-order valence-electron chi connectivity index (χ2n) is 4.72. The van der Waals surface area contributed by atoms with Crippen molar-refractivity contribution in [1.82, 2.24) is 4.90 Å². The van der Waals surface area contributed by atoms with Gasteiger partial charge >= 0.3 is 6.03 Å². The number of hydrogen-bond donors (Lipinski definition) is 1. The minimum absolute atomic E-state index is 0.0132. The summed E-state index contributed by atoms with van der Waals surface area (Å²) >= 11 is 6.84. The molecule has 1 N–H and O–H groups in total. The van der Waals surface area contributed by atoms with Crippen LogP contribution in [0.5, 0.6) is 0 Å². The summed E-state index contributed by atoms with van der Waals surface area (Å²) in [5.41, 5.74) is 0.799. The fourth-order valence-electron chi connectivity index (χ4n) is 2.00. The molecule has 2 rings (SSSR count). The molecule has 0 atom stereocenters. The van der Waals surface area contributed by atoms with Crippen molar-refractivity contribution in [2.24, 2.45) is 5.92 Å². The number of halogens is 2. The monoisotopic (exact) mass is 374 g/mol. The number of carbonyl (C=O) groups excluding carboxylic acids is 1. The van der Waals surface area contributed by atoms with Gasteiger partial charge in [-0.25, -0.2) is 4.79 Å². The van der Waals surface area contributed by atoms with E-state index >= 15 is 0 Å². The lowest BCUT2D eigenvalue weighted by molar-refractivity contribution is 0.186. The van der Waals surface area contributed by atoms with E-state index in [1.165, 1.54) is 0 Å². The summed E-state index contributed by atoms with van der Waals surface area (Å²) < 4.78 is 1.85. The van der Waals surface area contributed by atoms with Crippen molar-refractivity contribution in [2.45, 2.75) is 19.8 Å². The summed E-state index contributed by atoms with van der Waals surface area (Å²) in [5, 5.41) is 2.95. The molecule has 1 heterocycles. The van der Waals surface area contributed by atoms with Gasteiger partial charge in [-0.3, -0.25) is 0 Å². The van der Waals surface area contributed by atoms with Crippen molar-refractivity contribution in [2.75, 3.05) is 18.4 Å². The van der Waals surface area contributed by atoms with Gasteiger partial charge in [0.2, 0.25) is 0 Å². The molecule has 18 heavy (non-hydrogen) atoms. The first kappa shape index (κ1) is 13.9. The van der Waals surface area contributed by atoms with E-state index in [2.05, 4.69) is 44.1 Å². The van der Waals surface area contributed by atoms with Crippen molar-refractivity contribution in [3.8, 4) is 0 Å². The number of urea groups is 1. The molecule has 5 heteroatoms. The Balaban J connectivity index is 2.00. The number of likely N-dealkylation sites (tertiary alicyclic amines) is 1. The summed E-state index contributed by atoms with van der Waals surface area (Å²) in [4.78, 5) is 14.0. The van der Waals surface area contributed by atoms with Gasteiger partial charge in [0.25, 0.3) is 0 Å². The van der Waals surface area contributed by atoms with Crippen LogP contribution in [0.25, 0.3) is 0 Å². The smallest absolute Gasteiger partial charge is 0.321 e. The quantitative estimate of drug-likeness (QED) is 0.771. The van der Waals surface area contributed by atoms with Crippen molar-refractivity contribution in [1.29, 1.82) is 0 Å². The number of piperidine rings is 1. The predicted octanol–water partition coefficient (Wildman–Crippen LogP) is 4.48. The van der Waals surface area contributed by atoms with E-state index < -0.39 is 0 Å². The number of benzene rings is 1. The number of nitrogens with zero attached hydrogens (tertiary/aromatic N) is 1. The predicted molar refractivity (Wildman–Crippen MR) is 80.8 cm³/mol. The van der Waals surface area contributed by atoms with Crippen molar-refractivity contribution in [3.63, 3.8) is 0 Å². The molecular weight excluding hydrogens is 360 g/mol. The minimum atomic E-state index is -0.0132. The molecule has 0 saturated carbocycles. The van der Waals surface area contributed by atoms with E-state index in [1.54, 1.807) is 0 Å². The van der Waals surface area contributed by atoms with E-state index in [0.29, 0.717) is 0 Å². The lowest BCUT2D eigenvalue weighted by Gasteiger charge is -2.30. The van der Waals surface area contributed by atoms with Crippen LogP contribution in [-0.2, 0) is 0 Å². The van der Waals surface area contributed by atoms with E-state index in [9.17, 15) is 4.79 Å². The van der Waals surface area contributed by atoms with Crippen LogP contribution < -0.4 is 5.32 Å². The molecule has 1 aliphatic rings. The molecule has 0 aromatic heterocycles. The summed E-state index contributed by atoms with van der Waals surface area (Å²) in [6.07, 6.45) is 2.18. The molecule has 0 unspecified atom stereocenters. The maximum Gasteiger partial charge on any atom is 0.321 e. The van der Waals surface area contributed by atoms with Gasteiger partial charge < -0.3 is 10.2 Å². The first-order valence-electron chi connectivity index (χ1n) is 6.07. The number of hydrogen-bond acceptors (Lipinski definition) is 1. The van der Waals surface area contributed by atoms with Gasteiger partial charge in [0.1, 0.15) is 0 Å². The topological polar surface area (TPSA) is 32.3 Å². The Morgan fingerprint density at radius 1 is 1.33 bits per heavy atom. The molecule has 1 aromatic rings. The molecule has 3 nitrogen and oxygen atoms in total. The molecule has 2 amide bonds. The second-order valence-corrected chi connectivity index (χ2v) is 6.49. The minimum Gasteiger partial charge on any atom is -0.325 e. The molecule has 0 aliphatic carbocycles. The fourth-order valence-corrected chi connectivity index (χ4v) is 2.71. The number of carbonyl (C=O) groups is 1. The second kappa shape index (κ2) is 6.06. The van der Waals surface area contributed by atoms with Gasteiger partial charge in [0, 0.05) is 22.0 Å². The number of nitrogens with one attached hydrogen (secondary N) is 1. The highest BCUT2D eigenvalue weighted by molar-refractivity contribution is 9.11. The largest absolute Gasteiger partial charge is 0.325 e. The van der Waals surface area contributed by atoms with Gasteiger partial charge in [0.05, 0.1) is 5.69 Å². The molecule has 1 aliphatic heterocycles. The lowest BCUT2D eigenvalue weighted by atomic mass is 10.00. The highest BCUT2D eigenvalue weighted by Gasteiger charge is 2.20. The zero-order valence-corrected chi connectivity index (χ0v) is 13.4. The lowest BCUT2D eigenvalue weighted by Crippen LogP contribution is -2.40. The number of anilines is 1. The molecule has 0 radical (unpaired) electrons. The van der Waals surface area contributed by atoms with E-state index in [4.69, 9.17) is 0 Å². The van der Waals surface area contributed by atoms with E-state index in [0.717, 1.165) is 46.5 Å². The van der Waals surface area contributed by atoms with Crippen LogP contribution in [0.4, 0.5) is 10.5 Å². The van der Waals surface area contributed by atoms with Crippen molar-refractivity contribution in [3.05, 3.63) is 27.1 Å². The maximum atomic E-state index is 12.1. The van der Waals surface area contributed by atoms with E-state index in [-0.39, 0.29) is 6.03 Å². The Bertz CT molecular complexity index is 443. The summed E-state index contributed by atoms with van der Waals surface area (Å²) in [6, 6.07) is 5.73. The van der Waals surface area contributed by atoms with Crippen LogP contribution in [0.2, 0.25) is 0 Å². The van der Waals surface area contributed by atoms with Gasteiger partial charge in [-0.05, 0) is 52.9 Å². The molecule has 1 saturated heterocycles. The third-order valence-electron chi connectivity index (χ3n) is 3.24. The Kier molecular flexibility index (Phi) is 4.67. The Morgan fingerprint density at radius 2 is 2.00 bits per heavy atom. The molecule has 1 fully saturated rings. The summed E-state index contributed by atoms with van der Waals surface area (Å²) in [7, 11) is 0. The van der Waals surface area contributed by atoms with Crippen LogP contribution in [0.1, 0.15) is 19.8 Å². The molecule has 98 valence electrons. The molecular formula is C13H16Br2N2O. The zero-order chi connectivity index (χ0) is 13.1. The normalized spacial score (nSPS) is 16.7. The standard InChI is InChI=1S/C13H16Br2N2O/c1-9-4-6-17(7-5-9)13(18)16-12-8-10(14)2-3-11(12)15/h2-3,8-9H,4-7H2,1H3,(H,16,18). The number of amides is 2. The Morgan fingerprint density at radius 3 is 2.67 bits per heavy atom. The first-order chi connectivity index (χ1) is 8.56. The van der Waals surface area contributed by atoms with E-state index in [1.807, 2.05) is 23.1 Å². The van der Waals surface area contributed by atoms with Crippen LogP contribution in [-0.4, -0.2) is 24.0 Å². The van der Waals surface area contributed by atoms with Crippen molar-refractivity contribution >= 4 is 43.6 Å². The summed E-state index contributed by atoms with van der Waals surface area (Å²) in [6.45, 7) is 3.93. The zero-order valence-electron chi connectivity index (χ0n) is 10.2. The number of rotatable bonds is 1. The Hall–Kier alpha value is -0.550. The molecule has 1 aromatic carbocycles. The van der Waals surface area contributed by atoms with Crippen LogP contribution >= 0.6 is 31.9 Å². The Labute approximate surface area is 124 Å². The highest BCUT2D eigenvalue weighted by Crippen LogP contribution is 2.27. The van der Waals surface area contributed by atoms with Gasteiger partial charge in [0.15, 0.2) is 0 Å². The average molecular weight is 376 g/mol. The van der Waals surface area contributed by atoms with Crippen LogP contribution in [0, 0.1) is 5.92 Å². The van der Waals surface area contributed by atoms with Crippen LogP contribution in [0.3, 0.4) is 0 Å². The van der Waals surface area contributed by atoms with Gasteiger partial charge in [-0.2, -0.15) is 0 Å². The average Bonchev–Trinajstić information content (AvgIpc) is 2.34. The summed E-state index contributed by atoms with van der Waals surface area (Å²) in [5.74, 6) is 0.728. The first-order valence-corrected chi connectivity index (χ1v) is 7.66. The van der Waals surface area contributed by atoms with Crippen LogP contribution in [0.15, 0.2) is 27.1 Å². The van der Waals surface area contributed by atoms with Gasteiger partial charge in [-0.15, -0.1) is 0 Å². The maximum absolute atomic E-state index is 12.1. The van der Waals surface area contributed by atoms with Crippen molar-refractivity contribution < 1.29 is 4.79 Å². The highest BCUT2D eigenvalue weighted by atomic mass is 79.9. The molecule has 0 bridgehead atoms.